The molecule has 0 saturated carbocycles. The fourth-order valence-electron chi connectivity index (χ4n) is 0.843. The second kappa shape index (κ2) is 4.11. The summed E-state index contributed by atoms with van der Waals surface area (Å²) in [4.78, 5) is 0. The maximum Gasteiger partial charge on any atom is 0.142 e. The minimum absolute atomic E-state index is 0.159. The highest BCUT2D eigenvalue weighted by Gasteiger charge is 2.00. The maximum atomic E-state index is 10.1. The van der Waals surface area contributed by atoms with Crippen LogP contribution in [0.4, 0.5) is 5.69 Å². The zero-order chi connectivity index (χ0) is 9.84. The highest BCUT2D eigenvalue weighted by Crippen LogP contribution is 2.25. The molecule has 2 N–H and O–H groups in total. The molecule has 13 heavy (non-hydrogen) atoms. The molecule has 5 nitrogen and oxygen atoms in total. The molecule has 1 rings (SSSR count). The van der Waals surface area contributed by atoms with Gasteiger partial charge >= 0.3 is 0 Å². The summed E-state index contributed by atoms with van der Waals surface area (Å²) in [7, 11) is 1.47. The van der Waals surface area contributed by atoms with Crippen LogP contribution >= 0.6 is 0 Å². The van der Waals surface area contributed by atoms with Crippen LogP contribution in [0.2, 0.25) is 0 Å². The predicted molar refractivity (Wildman–Crippen MR) is 47.0 cm³/mol. The third kappa shape index (κ3) is 2.60. The lowest BCUT2D eigenvalue weighted by Gasteiger charge is -2.09. The Morgan fingerprint density at radius 1 is 1.54 bits per heavy atom. The van der Waals surface area contributed by atoms with Gasteiger partial charge in [0.25, 0.3) is 0 Å². The van der Waals surface area contributed by atoms with Gasteiger partial charge < -0.3 is 19.2 Å². The van der Waals surface area contributed by atoms with Crippen molar-refractivity contribution in [3.8, 4) is 11.5 Å². The molecular weight excluding hydrogens is 194 g/mol. The van der Waals surface area contributed by atoms with E-state index in [1.54, 1.807) is 0 Å². The van der Waals surface area contributed by atoms with Crippen LogP contribution in [0.3, 0.4) is 0 Å². The van der Waals surface area contributed by atoms with Gasteiger partial charge in [0.2, 0.25) is 0 Å². The van der Waals surface area contributed by atoms with Gasteiger partial charge in [-0.3, -0.25) is 0 Å². The van der Waals surface area contributed by atoms with Crippen LogP contribution in [0.1, 0.15) is 0 Å². The third-order valence-corrected chi connectivity index (χ3v) is 1.69. The lowest BCUT2D eigenvalue weighted by atomic mass is 10.3. The van der Waals surface area contributed by atoms with E-state index >= 15 is 0 Å². The fraction of sp³-hybridized carbons (Fsp3) is 0.143. The Labute approximate surface area is 77.9 Å². The minimum Gasteiger partial charge on any atom is -0.740 e. The highest BCUT2D eigenvalue weighted by molar-refractivity contribution is 7.74. The van der Waals surface area contributed by atoms with Gasteiger partial charge in [-0.15, -0.1) is 0 Å². The summed E-state index contributed by atoms with van der Waals surface area (Å²) >= 11 is -2.58. The first kappa shape index (κ1) is 9.82. The molecule has 0 aliphatic heterocycles. The third-order valence-electron chi connectivity index (χ3n) is 1.37. The molecule has 0 amide bonds. The van der Waals surface area contributed by atoms with Crippen molar-refractivity contribution in [1.82, 2.24) is 0 Å². The monoisotopic (exact) mass is 202 g/mol. The van der Waals surface area contributed by atoms with Crippen LogP contribution in [-0.2, 0) is 11.4 Å². The lowest BCUT2D eigenvalue weighted by Crippen LogP contribution is -1.99. The minimum atomic E-state index is -2.58. The maximum absolute atomic E-state index is 10.1. The smallest absolute Gasteiger partial charge is 0.142 e. The first-order valence-corrected chi connectivity index (χ1v) is 4.34. The number of hydrogen-bond donors (Lipinski definition) is 1. The van der Waals surface area contributed by atoms with E-state index in [2.05, 4.69) is 4.18 Å². The molecule has 0 aliphatic carbocycles. The van der Waals surface area contributed by atoms with Crippen LogP contribution < -0.4 is 14.7 Å². The Morgan fingerprint density at radius 2 is 2.23 bits per heavy atom. The zero-order valence-electron chi connectivity index (χ0n) is 6.85. The Morgan fingerprint density at radius 3 is 2.69 bits per heavy atom. The average Bonchev–Trinajstić information content (AvgIpc) is 2.03. The van der Waals surface area contributed by atoms with Crippen molar-refractivity contribution in [2.24, 2.45) is 0 Å². The molecule has 0 spiro atoms. The number of methoxy groups -OCH3 is 1. The summed E-state index contributed by atoms with van der Waals surface area (Å²) < 4.78 is 29.5. The standard InChI is InChI=1S/C7H9NO4S/c1-11-7-3-2-5(4-6(7)8)12-13(9)10/h2-4H,8H2,1H3,(H,9,10)/p-1. The Balaban J connectivity index is 2.89. The molecule has 0 aromatic heterocycles. The van der Waals surface area contributed by atoms with Gasteiger partial charge in [0, 0.05) is 6.07 Å². The summed E-state index contributed by atoms with van der Waals surface area (Å²) in [6, 6.07) is 4.34. The van der Waals surface area contributed by atoms with E-state index in [0.717, 1.165) is 0 Å². The zero-order valence-corrected chi connectivity index (χ0v) is 7.67. The van der Waals surface area contributed by atoms with Gasteiger partial charge in [0.05, 0.1) is 12.8 Å². The van der Waals surface area contributed by atoms with Crippen LogP contribution in [0, 0.1) is 0 Å². The van der Waals surface area contributed by atoms with Crippen LogP contribution in [0.15, 0.2) is 18.2 Å². The highest BCUT2D eigenvalue weighted by atomic mass is 32.2. The van der Waals surface area contributed by atoms with Gasteiger partial charge in [-0.2, -0.15) is 0 Å². The molecule has 0 bridgehead atoms. The number of benzene rings is 1. The molecule has 1 unspecified atom stereocenters. The summed E-state index contributed by atoms with van der Waals surface area (Å²) in [5.41, 5.74) is 5.83. The van der Waals surface area contributed by atoms with Crippen molar-refractivity contribution in [1.29, 1.82) is 0 Å². The van der Waals surface area contributed by atoms with Crippen molar-refractivity contribution in [2.75, 3.05) is 12.8 Å². The van der Waals surface area contributed by atoms with Gasteiger partial charge in [-0.1, -0.05) is 0 Å². The molecule has 1 aromatic rings. The Hall–Kier alpha value is -1.27. The van der Waals surface area contributed by atoms with Gasteiger partial charge in [0.15, 0.2) is 0 Å². The van der Waals surface area contributed by atoms with Crippen LogP contribution in [0.5, 0.6) is 11.5 Å². The molecule has 1 atom stereocenters. The van der Waals surface area contributed by atoms with E-state index in [9.17, 15) is 8.76 Å². The van der Waals surface area contributed by atoms with Crippen molar-refractivity contribution < 1.29 is 17.7 Å². The molecule has 1 aromatic carbocycles. The summed E-state index contributed by atoms with van der Waals surface area (Å²) in [5, 5.41) is 0. The van der Waals surface area contributed by atoms with E-state index in [-0.39, 0.29) is 5.75 Å². The van der Waals surface area contributed by atoms with Crippen molar-refractivity contribution in [3.05, 3.63) is 18.2 Å². The predicted octanol–water partition coefficient (Wildman–Crippen LogP) is 0.450. The van der Waals surface area contributed by atoms with Crippen molar-refractivity contribution in [2.45, 2.75) is 0 Å². The number of anilines is 1. The largest absolute Gasteiger partial charge is 0.740 e. The van der Waals surface area contributed by atoms with Gasteiger partial charge in [-0.25, -0.2) is 4.21 Å². The number of nitrogen functional groups attached to an aromatic ring is 1. The first-order valence-electron chi connectivity index (χ1n) is 3.34. The van der Waals surface area contributed by atoms with Crippen LogP contribution in [-0.4, -0.2) is 15.9 Å². The van der Waals surface area contributed by atoms with E-state index in [1.165, 1.54) is 25.3 Å². The molecule has 0 saturated heterocycles. The average molecular weight is 202 g/mol. The second-order valence-electron chi connectivity index (χ2n) is 2.19. The summed E-state index contributed by atoms with van der Waals surface area (Å²) in [6.45, 7) is 0. The SMILES string of the molecule is COc1ccc(OS(=O)[O-])cc1N. The second-order valence-corrected chi connectivity index (χ2v) is 2.77. The topological polar surface area (TPSA) is 84.6 Å². The molecule has 0 heterocycles. The van der Waals surface area contributed by atoms with Crippen LogP contribution in [0.25, 0.3) is 0 Å². The van der Waals surface area contributed by atoms with Crippen molar-refractivity contribution in [3.63, 3.8) is 0 Å². The molecule has 0 fully saturated rings. The molecule has 0 aliphatic rings. The normalized spacial score (nSPS) is 12.2. The number of ether oxygens (including phenoxy) is 1. The molecule has 6 heteroatoms. The fourth-order valence-corrected chi connectivity index (χ4v) is 1.10. The van der Waals surface area contributed by atoms with E-state index < -0.39 is 11.4 Å². The summed E-state index contributed by atoms with van der Waals surface area (Å²) in [6.07, 6.45) is 0. The van der Waals surface area contributed by atoms with E-state index in [1.807, 2.05) is 0 Å². The molecular formula is C7H8NO4S-. The summed E-state index contributed by atoms with van der Waals surface area (Å²) in [5.74, 6) is 0.635. The molecule has 0 radical (unpaired) electrons. The van der Waals surface area contributed by atoms with Gasteiger partial charge in [-0.05, 0) is 12.1 Å². The van der Waals surface area contributed by atoms with E-state index in [4.69, 9.17) is 10.5 Å². The number of rotatable bonds is 3. The van der Waals surface area contributed by atoms with E-state index in [0.29, 0.717) is 11.4 Å². The molecule has 72 valence electrons. The first-order chi connectivity index (χ1) is 6.13. The quantitative estimate of drug-likeness (QED) is 0.568. The van der Waals surface area contributed by atoms with Gasteiger partial charge in [0.1, 0.15) is 22.9 Å². The Kier molecular flexibility index (Phi) is 3.10. The Bertz CT molecular complexity index is 328. The number of nitrogens with two attached hydrogens (primary N) is 1. The number of hydrogen-bond acceptors (Lipinski definition) is 5. The lowest BCUT2D eigenvalue weighted by molar-refractivity contribution is 0.414. The van der Waals surface area contributed by atoms with Crippen molar-refractivity contribution >= 4 is 17.0 Å².